The molecular weight excluding hydrogens is 311 g/mol. The van der Waals surface area contributed by atoms with Crippen molar-refractivity contribution in [2.24, 2.45) is 5.90 Å². The average molecular weight is 327 g/mol. The number of quaternary nitrogens is 1. The van der Waals surface area contributed by atoms with E-state index in [1.807, 2.05) is 0 Å². The minimum Gasteiger partial charge on any atom is -1.00 e. The lowest BCUT2D eigenvalue weighted by Gasteiger charge is -2.12. The van der Waals surface area contributed by atoms with E-state index in [9.17, 15) is 9.18 Å². The Morgan fingerprint density at radius 2 is 1.86 bits per heavy atom. The Balaban J connectivity index is 0.00000242. The van der Waals surface area contributed by atoms with Crippen LogP contribution in [0.3, 0.4) is 0 Å². The van der Waals surface area contributed by atoms with E-state index in [1.54, 1.807) is 30.3 Å². The molecule has 7 heteroatoms. The quantitative estimate of drug-likeness (QED) is 0.631. The lowest BCUT2D eigenvalue weighted by molar-refractivity contribution is -0.370. The molecule has 0 bridgehead atoms. The molecule has 0 saturated heterocycles. The van der Waals surface area contributed by atoms with Gasteiger partial charge in [0.05, 0.1) is 5.56 Å². The van der Waals surface area contributed by atoms with Gasteiger partial charge in [0, 0.05) is 5.56 Å². The van der Waals surface area contributed by atoms with Gasteiger partial charge in [0.1, 0.15) is 24.7 Å². The van der Waals surface area contributed by atoms with Gasteiger partial charge >= 0.3 is 5.97 Å². The van der Waals surface area contributed by atoms with Gasteiger partial charge in [-0.05, 0) is 35.9 Å². The molecule has 2 aromatic rings. The number of carbonyl (C=O) groups is 1. The van der Waals surface area contributed by atoms with Crippen molar-refractivity contribution < 1.29 is 36.9 Å². The summed E-state index contributed by atoms with van der Waals surface area (Å²) >= 11 is 0. The summed E-state index contributed by atoms with van der Waals surface area (Å²) in [5.41, 5.74) is 5.38. The van der Waals surface area contributed by atoms with E-state index in [0.29, 0.717) is 30.0 Å². The molecule has 0 aliphatic carbocycles. The third-order valence-electron chi connectivity index (χ3n) is 2.88. The zero-order chi connectivity index (χ0) is 15.2. The van der Waals surface area contributed by atoms with Gasteiger partial charge in [0.25, 0.3) is 0 Å². The lowest BCUT2D eigenvalue weighted by Crippen LogP contribution is -3.00. The van der Waals surface area contributed by atoms with Crippen LogP contribution in [0.4, 0.5) is 4.39 Å². The van der Waals surface area contributed by atoms with Crippen molar-refractivity contribution in [1.29, 1.82) is 0 Å². The number of halogens is 2. The Hall–Kier alpha value is -2.15. The second-order valence-electron chi connectivity index (χ2n) is 4.33. The second-order valence-corrected chi connectivity index (χ2v) is 4.33. The van der Waals surface area contributed by atoms with Crippen molar-refractivity contribution >= 4 is 5.97 Å². The van der Waals surface area contributed by atoms with E-state index < -0.39 is 5.97 Å². The summed E-state index contributed by atoms with van der Waals surface area (Å²) in [6.07, 6.45) is 0. The van der Waals surface area contributed by atoms with Gasteiger partial charge in [0.15, 0.2) is 0 Å². The van der Waals surface area contributed by atoms with E-state index in [0.717, 1.165) is 5.56 Å². The third kappa shape index (κ3) is 4.17. The van der Waals surface area contributed by atoms with E-state index in [2.05, 4.69) is 10.6 Å². The van der Waals surface area contributed by atoms with Crippen LogP contribution < -0.4 is 28.8 Å². The van der Waals surface area contributed by atoms with Gasteiger partial charge in [-0.3, -0.25) is 0 Å². The number of nitrogens with two attached hydrogens (primary N) is 1. The number of rotatable bonds is 5. The molecule has 2 aromatic carbocycles. The molecule has 0 aromatic heterocycles. The van der Waals surface area contributed by atoms with Crippen LogP contribution in [0.15, 0.2) is 42.5 Å². The highest BCUT2D eigenvalue weighted by atomic mass is 35.5. The Bertz CT molecular complexity index is 635. The predicted octanol–water partition coefficient (Wildman–Crippen LogP) is -1.85. The first-order chi connectivity index (χ1) is 10.2. The monoisotopic (exact) mass is 326 g/mol. The molecule has 0 saturated carbocycles. The number of hydrogen-bond acceptors (Lipinski definition) is 4. The Kier molecular flexibility index (Phi) is 6.78. The van der Waals surface area contributed by atoms with Crippen LogP contribution in [-0.4, -0.2) is 19.1 Å². The summed E-state index contributed by atoms with van der Waals surface area (Å²) in [6.45, 7) is 1.05. The van der Waals surface area contributed by atoms with Gasteiger partial charge in [-0.15, -0.1) is 0 Å². The van der Waals surface area contributed by atoms with Crippen molar-refractivity contribution in [2.45, 2.75) is 0 Å². The van der Waals surface area contributed by atoms with Gasteiger partial charge in [-0.25, -0.2) is 9.18 Å². The van der Waals surface area contributed by atoms with Crippen LogP contribution in [0.2, 0.25) is 0 Å². The number of ether oxygens (including phenoxy) is 1. The summed E-state index contributed by atoms with van der Waals surface area (Å²) in [6, 6.07) is 10.7. The van der Waals surface area contributed by atoms with E-state index in [1.165, 1.54) is 12.1 Å². The molecule has 118 valence electrons. The maximum atomic E-state index is 13.0. The Morgan fingerprint density at radius 1 is 1.18 bits per heavy atom. The molecule has 0 aliphatic heterocycles. The van der Waals surface area contributed by atoms with Crippen LogP contribution in [0, 0.1) is 5.82 Å². The first-order valence-corrected chi connectivity index (χ1v) is 6.39. The smallest absolute Gasteiger partial charge is 0.356 e. The highest BCUT2D eigenvalue weighted by Gasteiger charge is 2.13. The summed E-state index contributed by atoms with van der Waals surface area (Å²) in [4.78, 5) is 15.7. The van der Waals surface area contributed by atoms with Crippen molar-refractivity contribution in [2.75, 3.05) is 13.2 Å². The predicted molar refractivity (Wildman–Crippen MR) is 74.7 cm³/mol. The second kappa shape index (κ2) is 8.33. The van der Waals surface area contributed by atoms with Crippen LogP contribution in [0.25, 0.3) is 11.1 Å². The normalized spacial score (nSPS) is 9.77. The highest BCUT2D eigenvalue weighted by molar-refractivity contribution is 5.91. The number of carbonyl (C=O) groups excluding carboxylic acids is 1. The van der Waals surface area contributed by atoms with Crippen LogP contribution in [0.5, 0.6) is 5.75 Å². The number of hydrogen-bond donors (Lipinski definition) is 2. The summed E-state index contributed by atoms with van der Waals surface area (Å²) in [7, 11) is 0. The lowest BCUT2D eigenvalue weighted by atomic mass is 10.0. The molecule has 0 amide bonds. The summed E-state index contributed by atoms with van der Waals surface area (Å²) in [5.74, 6) is 4.49. The Labute approximate surface area is 133 Å². The molecule has 0 aliphatic rings. The van der Waals surface area contributed by atoms with E-state index in [4.69, 9.17) is 10.6 Å². The first-order valence-electron chi connectivity index (χ1n) is 6.39. The molecule has 0 radical (unpaired) electrons. The average Bonchev–Trinajstić information content (AvgIpc) is 2.53. The third-order valence-corrected chi connectivity index (χ3v) is 2.88. The van der Waals surface area contributed by atoms with Crippen molar-refractivity contribution in [3.8, 4) is 16.9 Å². The molecule has 0 heterocycles. The van der Waals surface area contributed by atoms with Crippen LogP contribution in [-0.2, 0) is 4.84 Å². The zero-order valence-electron chi connectivity index (χ0n) is 11.7. The maximum Gasteiger partial charge on any atom is 0.356 e. The fourth-order valence-corrected chi connectivity index (χ4v) is 1.89. The largest absolute Gasteiger partial charge is 1.00 e. The molecule has 0 atom stereocenters. The summed E-state index contributed by atoms with van der Waals surface area (Å²) < 4.78 is 18.6. The van der Waals surface area contributed by atoms with Crippen molar-refractivity contribution in [3.05, 3.63) is 53.8 Å². The first kappa shape index (κ1) is 17.9. The Morgan fingerprint density at radius 3 is 2.45 bits per heavy atom. The maximum absolute atomic E-state index is 13.0. The topological polar surface area (TPSA) is 89.2 Å². The fourth-order valence-electron chi connectivity index (χ4n) is 1.89. The van der Waals surface area contributed by atoms with Crippen LogP contribution in [0.1, 0.15) is 10.4 Å². The molecule has 0 spiro atoms. The zero-order valence-corrected chi connectivity index (χ0v) is 12.5. The van der Waals surface area contributed by atoms with E-state index in [-0.39, 0.29) is 18.2 Å². The summed E-state index contributed by atoms with van der Waals surface area (Å²) in [5, 5.41) is 0. The minimum atomic E-state index is -0.651. The molecule has 2 rings (SSSR count). The molecule has 0 unspecified atom stereocenters. The van der Waals surface area contributed by atoms with Crippen molar-refractivity contribution in [1.82, 2.24) is 0 Å². The SMILES string of the molecule is NOC(=O)c1ccc(OCC[NH3+])c(-c2ccc(F)cc2)c1.[Cl-]. The highest BCUT2D eigenvalue weighted by Crippen LogP contribution is 2.31. The molecule has 22 heavy (non-hydrogen) atoms. The van der Waals surface area contributed by atoms with Gasteiger partial charge in [-0.1, -0.05) is 12.1 Å². The minimum absolute atomic E-state index is 0. The molecule has 5 N–H and O–H groups in total. The fraction of sp³-hybridized carbons (Fsp3) is 0.133. The molecule has 5 nitrogen and oxygen atoms in total. The standard InChI is InChI=1S/C15H15FN2O3.ClH/c16-12-4-1-10(2-5-12)13-9-11(15(19)21-18)3-6-14(13)20-8-7-17;/h1-6,9H,7-8,17-18H2;1H. The van der Waals surface area contributed by atoms with Crippen LogP contribution >= 0.6 is 0 Å². The van der Waals surface area contributed by atoms with Gasteiger partial charge in [0.2, 0.25) is 0 Å². The van der Waals surface area contributed by atoms with Crippen molar-refractivity contribution in [3.63, 3.8) is 0 Å². The number of benzene rings is 2. The molecule has 0 fully saturated rings. The molecular formula is C15H16ClFN2O3. The van der Waals surface area contributed by atoms with Gasteiger partial charge in [-0.2, -0.15) is 5.90 Å². The van der Waals surface area contributed by atoms with Gasteiger partial charge < -0.3 is 27.7 Å². The van der Waals surface area contributed by atoms with E-state index >= 15 is 0 Å².